The number of aryl methyl sites for hydroxylation is 1. The molecule has 0 saturated heterocycles. The van der Waals surface area contributed by atoms with Crippen molar-refractivity contribution < 1.29 is 13.2 Å². The van der Waals surface area contributed by atoms with E-state index in [9.17, 15) is 13.2 Å². The molecular weight excluding hydrogens is 484 g/mol. The van der Waals surface area contributed by atoms with Crippen molar-refractivity contribution in [2.75, 3.05) is 11.6 Å². The van der Waals surface area contributed by atoms with Gasteiger partial charge in [-0.15, -0.1) is 11.3 Å². The van der Waals surface area contributed by atoms with Gasteiger partial charge in [0.15, 0.2) is 20.7 Å². The Labute approximate surface area is 205 Å². The van der Waals surface area contributed by atoms with Crippen LogP contribution in [0.25, 0.3) is 27.3 Å². The second kappa shape index (κ2) is 9.01. The summed E-state index contributed by atoms with van der Waals surface area (Å²) in [6.45, 7) is 1.90. The van der Waals surface area contributed by atoms with Crippen molar-refractivity contribution in [3.8, 4) is 17.1 Å². The summed E-state index contributed by atoms with van der Waals surface area (Å²) < 4.78 is 26.3. The number of hydrogen-bond donors (Lipinski definition) is 1. The summed E-state index contributed by atoms with van der Waals surface area (Å²) in [5.74, 6) is 0.432. The van der Waals surface area contributed by atoms with Crippen LogP contribution in [0.2, 0.25) is 0 Å². The number of carbonyl (C=O) groups excluding carboxylic acids is 1. The number of rotatable bonds is 6. The topological polar surface area (TPSA) is 120 Å². The van der Waals surface area contributed by atoms with Crippen LogP contribution >= 0.6 is 11.3 Å². The molecule has 0 saturated carbocycles. The molecule has 5 aromatic rings. The van der Waals surface area contributed by atoms with Gasteiger partial charge in [0.05, 0.1) is 33.5 Å². The number of anilines is 1. The highest BCUT2D eigenvalue weighted by molar-refractivity contribution is 7.90. The van der Waals surface area contributed by atoms with Crippen molar-refractivity contribution in [3.63, 3.8) is 0 Å². The number of nitrogens with one attached hydrogen (secondary N) is 1. The normalized spacial score (nSPS) is 11.6. The first-order valence-electron chi connectivity index (χ1n) is 10.6. The summed E-state index contributed by atoms with van der Waals surface area (Å²) >= 11 is 1.55. The number of pyridine rings is 2. The van der Waals surface area contributed by atoms with E-state index in [1.54, 1.807) is 21.5 Å². The minimum atomic E-state index is -3.49. The van der Waals surface area contributed by atoms with E-state index in [1.165, 1.54) is 18.2 Å². The van der Waals surface area contributed by atoms with Gasteiger partial charge in [-0.25, -0.2) is 28.1 Å². The maximum absolute atomic E-state index is 12.8. The van der Waals surface area contributed by atoms with Crippen molar-refractivity contribution in [2.24, 2.45) is 0 Å². The fourth-order valence-electron chi connectivity index (χ4n) is 3.60. The first kappa shape index (κ1) is 22.8. The fraction of sp³-hybridized carbons (Fsp3) is 0.125. The van der Waals surface area contributed by atoms with E-state index < -0.39 is 9.84 Å². The van der Waals surface area contributed by atoms with Crippen LogP contribution in [0.3, 0.4) is 0 Å². The third kappa shape index (κ3) is 4.96. The van der Waals surface area contributed by atoms with E-state index in [0.717, 1.165) is 33.4 Å². The number of aromatic nitrogens is 5. The van der Waals surface area contributed by atoms with E-state index in [0.29, 0.717) is 11.5 Å². The highest BCUT2D eigenvalue weighted by atomic mass is 32.2. The number of carbonyl (C=O) groups is 1. The second-order valence-electron chi connectivity index (χ2n) is 7.96. The monoisotopic (exact) mass is 504 g/mol. The van der Waals surface area contributed by atoms with E-state index in [2.05, 4.69) is 25.4 Å². The van der Waals surface area contributed by atoms with Crippen molar-refractivity contribution in [2.45, 2.75) is 18.4 Å². The second-order valence-corrected chi connectivity index (χ2v) is 10.8. The Hall–Kier alpha value is -3.96. The first-order valence-corrected chi connectivity index (χ1v) is 13.4. The molecule has 35 heavy (non-hydrogen) atoms. The van der Waals surface area contributed by atoms with Crippen LogP contribution < -0.4 is 5.32 Å². The molecule has 5 rings (SSSR count). The Balaban J connectivity index is 1.48. The lowest BCUT2D eigenvalue weighted by Gasteiger charge is -2.07. The molecule has 4 aromatic heterocycles. The average molecular weight is 505 g/mol. The van der Waals surface area contributed by atoms with Crippen LogP contribution in [-0.2, 0) is 21.1 Å². The van der Waals surface area contributed by atoms with E-state index in [4.69, 9.17) is 0 Å². The Bertz CT molecular complexity index is 1670. The lowest BCUT2D eigenvalue weighted by Crippen LogP contribution is -2.16. The average Bonchev–Trinajstić information content (AvgIpc) is 3.45. The van der Waals surface area contributed by atoms with E-state index in [1.807, 2.05) is 49.4 Å². The van der Waals surface area contributed by atoms with Crippen LogP contribution in [0.1, 0.15) is 11.4 Å². The van der Waals surface area contributed by atoms with Gasteiger partial charge in [0, 0.05) is 17.5 Å². The van der Waals surface area contributed by atoms with Crippen LogP contribution in [0.4, 0.5) is 5.82 Å². The van der Waals surface area contributed by atoms with Crippen molar-refractivity contribution in [3.05, 3.63) is 77.6 Å². The largest absolute Gasteiger partial charge is 0.310 e. The predicted molar refractivity (Wildman–Crippen MR) is 134 cm³/mol. The zero-order valence-corrected chi connectivity index (χ0v) is 20.5. The molecule has 11 heteroatoms. The number of thiazole rings is 1. The summed E-state index contributed by atoms with van der Waals surface area (Å²) in [4.78, 5) is 25.7. The summed E-state index contributed by atoms with van der Waals surface area (Å²) in [6.07, 6.45) is 1.04. The SMILES string of the molecule is Cc1cccc(-n2nc(CC(=O)Nc3cccc(S(C)(=O)=O)n3)cc2-c2ccc3ncsc3c2)n1. The molecule has 0 bridgehead atoms. The number of nitrogens with zero attached hydrogens (tertiary/aromatic N) is 5. The standard InChI is InChI=1S/C24H20N6O3S2/c1-15-5-3-7-22(26-15)30-19(16-9-10-18-20(11-16)34-14-25-18)12-17(29-30)13-23(31)27-21-6-4-8-24(28-21)35(2,32)33/h3-12,14H,13H2,1-2H3,(H,27,28,31). The number of benzene rings is 1. The minimum Gasteiger partial charge on any atom is -0.310 e. The molecule has 0 radical (unpaired) electrons. The van der Waals surface area contributed by atoms with Crippen LogP contribution in [-0.4, -0.2) is 45.3 Å². The molecule has 0 atom stereocenters. The molecule has 0 spiro atoms. The minimum absolute atomic E-state index is 0.0284. The van der Waals surface area contributed by atoms with Gasteiger partial charge in [-0.1, -0.05) is 18.2 Å². The molecule has 1 amide bonds. The Morgan fingerprint density at radius 1 is 1.06 bits per heavy atom. The molecular formula is C24H20N6O3S2. The molecule has 0 aliphatic rings. The summed E-state index contributed by atoms with van der Waals surface area (Å²) in [5.41, 5.74) is 5.81. The third-order valence-electron chi connectivity index (χ3n) is 5.19. The van der Waals surface area contributed by atoms with Gasteiger partial charge in [-0.3, -0.25) is 4.79 Å². The molecule has 4 heterocycles. The Kier molecular flexibility index (Phi) is 5.87. The van der Waals surface area contributed by atoms with Gasteiger partial charge >= 0.3 is 0 Å². The summed E-state index contributed by atoms with van der Waals surface area (Å²) in [6, 6.07) is 17.9. The molecule has 0 unspecified atom stereocenters. The zero-order chi connectivity index (χ0) is 24.6. The van der Waals surface area contributed by atoms with Gasteiger partial charge < -0.3 is 5.32 Å². The third-order valence-corrected chi connectivity index (χ3v) is 6.97. The molecule has 0 aliphatic carbocycles. The Morgan fingerprint density at radius 3 is 2.69 bits per heavy atom. The van der Waals surface area contributed by atoms with E-state index >= 15 is 0 Å². The van der Waals surface area contributed by atoms with Crippen LogP contribution in [0.5, 0.6) is 0 Å². The van der Waals surface area contributed by atoms with Gasteiger partial charge in [0.25, 0.3) is 0 Å². The van der Waals surface area contributed by atoms with Crippen molar-refractivity contribution in [1.29, 1.82) is 0 Å². The predicted octanol–water partition coefficient (Wildman–Crippen LogP) is 3.83. The number of sulfone groups is 1. The van der Waals surface area contributed by atoms with Crippen LogP contribution in [0.15, 0.2) is 71.2 Å². The molecule has 176 valence electrons. The van der Waals surface area contributed by atoms with Gasteiger partial charge in [0.2, 0.25) is 5.91 Å². The molecule has 0 aliphatic heterocycles. The maximum atomic E-state index is 12.8. The van der Waals surface area contributed by atoms with Gasteiger partial charge in [-0.05, 0) is 49.4 Å². The molecule has 9 nitrogen and oxygen atoms in total. The van der Waals surface area contributed by atoms with Gasteiger partial charge in [0.1, 0.15) is 5.82 Å². The number of amides is 1. The highest BCUT2D eigenvalue weighted by Gasteiger charge is 2.17. The Morgan fingerprint density at radius 2 is 1.89 bits per heavy atom. The smallest absolute Gasteiger partial charge is 0.231 e. The lowest BCUT2D eigenvalue weighted by molar-refractivity contribution is -0.115. The molecule has 0 fully saturated rings. The quantitative estimate of drug-likeness (QED) is 0.373. The highest BCUT2D eigenvalue weighted by Crippen LogP contribution is 2.28. The summed E-state index contributed by atoms with van der Waals surface area (Å²) in [7, 11) is -3.49. The number of hydrogen-bond acceptors (Lipinski definition) is 8. The number of fused-ring (bicyclic) bond motifs is 1. The first-order chi connectivity index (χ1) is 16.8. The van der Waals surface area contributed by atoms with Crippen molar-refractivity contribution >= 4 is 43.1 Å². The molecule has 1 N–H and O–H groups in total. The van der Waals surface area contributed by atoms with Crippen molar-refractivity contribution in [1.82, 2.24) is 24.7 Å². The van der Waals surface area contributed by atoms with Crippen LogP contribution in [0, 0.1) is 6.92 Å². The lowest BCUT2D eigenvalue weighted by atomic mass is 10.1. The summed E-state index contributed by atoms with van der Waals surface area (Å²) in [5, 5.41) is 7.22. The van der Waals surface area contributed by atoms with Gasteiger partial charge in [-0.2, -0.15) is 5.10 Å². The zero-order valence-electron chi connectivity index (χ0n) is 18.8. The maximum Gasteiger partial charge on any atom is 0.231 e. The fourth-order valence-corrected chi connectivity index (χ4v) is 4.91. The molecule has 1 aromatic carbocycles. The van der Waals surface area contributed by atoms with E-state index in [-0.39, 0.29) is 23.2 Å².